The fourth-order valence-electron chi connectivity index (χ4n) is 9.29. The lowest BCUT2D eigenvalue weighted by molar-refractivity contribution is -0.231. The van der Waals surface area contributed by atoms with Crippen LogP contribution in [0.3, 0.4) is 0 Å². The highest BCUT2D eigenvalue weighted by Gasteiger charge is 2.65. The molecule has 1 saturated heterocycles. The second-order valence-electron chi connectivity index (χ2n) is 16.2. The molecule has 7 aliphatic rings. The van der Waals surface area contributed by atoms with Gasteiger partial charge in [0.2, 0.25) is 0 Å². The third kappa shape index (κ3) is 5.84. The van der Waals surface area contributed by atoms with Gasteiger partial charge in [-0.25, -0.2) is 4.79 Å². The quantitative estimate of drug-likeness (QED) is 0.174. The van der Waals surface area contributed by atoms with E-state index < -0.39 is 51.5 Å². The van der Waals surface area contributed by atoms with Crippen LogP contribution in [0.15, 0.2) is 0 Å². The summed E-state index contributed by atoms with van der Waals surface area (Å²) >= 11 is 0. The van der Waals surface area contributed by atoms with Crippen LogP contribution in [-0.2, 0) is 42.9 Å². The number of ether oxygens (including phenoxy) is 3. The zero-order valence-electron chi connectivity index (χ0n) is 27.9. The molecule has 6 saturated carbocycles. The van der Waals surface area contributed by atoms with Crippen LogP contribution in [0, 0.1) is 52.3 Å². The summed E-state index contributed by atoms with van der Waals surface area (Å²) in [5.41, 5.74) is -1.17. The van der Waals surface area contributed by atoms with E-state index in [1.165, 1.54) is 32.1 Å². The van der Waals surface area contributed by atoms with Gasteiger partial charge in [-0.3, -0.25) is 13.8 Å². The molecule has 0 radical (unpaired) electrons. The highest BCUT2D eigenvalue weighted by molar-refractivity contribution is 7.87. The van der Waals surface area contributed by atoms with Gasteiger partial charge in [0.1, 0.15) is 17.8 Å². The molecule has 0 aromatic heterocycles. The molecule has 5 unspecified atom stereocenters. The van der Waals surface area contributed by atoms with Gasteiger partial charge in [0.05, 0.1) is 16.1 Å². The summed E-state index contributed by atoms with van der Waals surface area (Å²) < 4.78 is 45.6. The first kappa shape index (κ1) is 33.7. The van der Waals surface area contributed by atoms with Crippen molar-refractivity contribution in [3.8, 4) is 0 Å². The molecule has 1 aliphatic heterocycles. The molecule has 5 atom stereocenters. The summed E-state index contributed by atoms with van der Waals surface area (Å²) in [6, 6.07) is 0. The SMILES string of the molecule is CCC(C)(C)C(=O)OC1(C(C)C)C2CC3CC(C2)CC1C3.CCC(C)(C)C(=O)OCC(=O)OC1C2CC3C1OS(=O)(=O)C3C2. The Balaban J connectivity index is 0.000000175. The van der Waals surface area contributed by atoms with Crippen LogP contribution in [0.2, 0.25) is 0 Å². The van der Waals surface area contributed by atoms with E-state index in [0.717, 1.165) is 18.3 Å². The van der Waals surface area contributed by atoms with Gasteiger partial charge in [-0.2, -0.15) is 8.42 Å². The Kier molecular flexibility index (Phi) is 9.06. The number of esters is 3. The number of rotatable bonds is 9. The third-order valence-electron chi connectivity index (χ3n) is 12.5. The second-order valence-corrected chi connectivity index (χ2v) is 18.0. The van der Waals surface area contributed by atoms with E-state index in [4.69, 9.17) is 18.4 Å². The molecule has 250 valence electrons. The lowest BCUT2D eigenvalue weighted by atomic mass is 9.47. The maximum atomic E-state index is 12.8. The van der Waals surface area contributed by atoms with E-state index >= 15 is 0 Å². The van der Waals surface area contributed by atoms with Crippen LogP contribution in [0.5, 0.6) is 0 Å². The molecule has 0 aromatic carbocycles. The number of carbonyl (C=O) groups is 3. The smallest absolute Gasteiger partial charge is 0.344 e. The predicted molar refractivity (Wildman–Crippen MR) is 163 cm³/mol. The van der Waals surface area contributed by atoms with Crippen molar-refractivity contribution in [2.75, 3.05) is 6.61 Å². The Bertz CT molecular complexity index is 1210. The van der Waals surface area contributed by atoms with Crippen LogP contribution in [0.1, 0.15) is 113 Å². The Hall–Kier alpha value is -1.68. The van der Waals surface area contributed by atoms with Crippen molar-refractivity contribution >= 4 is 28.0 Å². The molecular weight excluding hydrogens is 584 g/mol. The summed E-state index contributed by atoms with van der Waals surface area (Å²) in [7, 11) is -3.53. The highest BCUT2D eigenvalue weighted by Crippen LogP contribution is 2.62. The van der Waals surface area contributed by atoms with Gasteiger partial charge < -0.3 is 14.2 Å². The van der Waals surface area contributed by atoms with E-state index in [1.807, 2.05) is 20.8 Å². The molecule has 44 heavy (non-hydrogen) atoms. The molecule has 10 heteroatoms. The third-order valence-corrected chi connectivity index (χ3v) is 14.2. The molecular formula is C34H54O9S. The van der Waals surface area contributed by atoms with E-state index in [-0.39, 0.29) is 28.8 Å². The molecule has 6 aliphatic carbocycles. The molecule has 0 N–H and O–H groups in total. The van der Waals surface area contributed by atoms with Crippen LogP contribution in [0.25, 0.3) is 0 Å². The van der Waals surface area contributed by atoms with Crippen LogP contribution in [0.4, 0.5) is 0 Å². The summed E-state index contributed by atoms with van der Waals surface area (Å²) in [5, 5.41) is -0.448. The van der Waals surface area contributed by atoms with Crippen LogP contribution < -0.4 is 0 Å². The lowest BCUT2D eigenvalue weighted by Crippen LogP contribution is -2.63. The van der Waals surface area contributed by atoms with E-state index in [1.54, 1.807) is 13.8 Å². The number of carbonyl (C=O) groups excluding carboxylic acids is 3. The Morgan fingerprint density at radius 2 is 1.39 bits per heavy atom. The van der Waals surface area contributed by atoms with E-state index in [2.05, 4.69) is 20.8 Å². The maximum absolute atomic E-state index is 12.8. The standard InChI is InChI=1S/C19H32O2.C15H22O7S/c1-6-18(4,5)17(20)21-19(12(2)3)15-8-13-7-14(10-15)11-16(19)9-13;1-4-15(2,3)14(17)20-7-11(16)21-12-8-5-9-10(6-8)23(18,19)22-13(9)12/h12-16H,6-11H2,1-5H3;8-10,12-13H,4-7H2,1-3H3. The van der Waals surface area contributed by atoms with Crippen LogP contribution in [-0.4, -0.2) is 56.0 Å². The lowest BCUT2D eigenvalue weighted by Gasteiger charge is -2.62. The van der Waals surface area contributed by atoms with Gasteiger partial charge in [-0.15, -0.1) is 0 Å². The number of fused-ring (bicyclic) bond motifs is 1. The summed E-state index contributed by atoms with van der Waals surface area (Å²) in [5.74, 6) is 2.35. The Morgan fingerprint density at radius 1 is 0.841 bits per heavy atom. The van der Waals surface area contributed by atoms with E-state index in [9.17, 15) is 22.8 Å². The minimum Gasteiger partial charge on any atom is -0.458 e. The van der Waals surface area contributed by atoms with Crippen LogP contribution >= 0.6 is 0 Å². The van der Waals surface area contributed by atoms with Crippen molar-refractivity contribution in [3.05, 3.63) is 0 Å². The number of hydrogen-bond acceptors (Lipinski definition) is 9. The normalized spacial score (nSPS) is 39.2. The molecule has 0 spiro atoms. The van der Waals surface area contributed by atoms with Crippen molar-refractivity contribution in [1.82, 2.24) is 0 Å². The molecule has 9 nitrogen and oxygen atoms in total. The average molecular weight is 639 g/mol. The fraction of sp³-hybridized carbons (Fsp3) is 0.912. The first-order valence-electron chi connectivity index (χ1n) is 17.0. The maximum Gasteiger partial charge on any atom is 0.344 e. The molecule has 6 bridgehead atoms. The predicted octanol–water partition coefficient (Wildman–Crippen LogP) is 5.83. The summed E-state index contributed by atoms with van der Waals surface area (Å²) in [4.78, 5) is 36.5. The molecule has 7 rings (SSSR count). The van der Waals surface area contributed by atoms with Gasteiger partial charge in [0, 0.05) is 11.8 Å². The van der Waals surface area contributed by atoms with Crippen molar-refractivity contribution < 1.29 is 41.2 Å². The van der Waals surface area contributed by atoms with Gasteiger partial charge in [-0.1, -0.05) is 27.7 Å². The van der Waals surface area contributed by atoms with Gasteiger partial charge in [0.25, 0.3) is 10.1 Å². The zero-order chi connectivity index (χ0) is 32.4. The molecule has 0 aromatic rings. The van der Waals surface area contributed by atoms with Crippen molar-refractivity contribution in [3.63, 3.8) is 0 Å². The Morgan fingerprint density at radius 3 is 1.91 bits per heavy atom. The van der Waals surface area contributed by atoms with Crippen molar-refractivity contribution in [2.45, 2.75) is 136 Å². The van der Waals surface area contributed by atoms with Gasteiger partial charge in [-0.05, 0) is 115 Å². The zero-order valence-corrected chi connectivity index (χ0v) is 28.7. The fourth-order valence-corrected chi connectivity index (χ4v) is 11.2. The Labute approximate surface area is 264 Å². The summed E-state index contributed by atoms with van der Waals surface area (Å²) in [6.07, 6.45) is 8.12. The minimum absolute atomic E-state index is 0.0130. The molecule has 7 fully saturated rings. The second kappa shape index (κ2) is 11.8. The highest BCUT2D eigenvalue weighted by atomic mass is 32.2. The monoisotopic (exact) mass is 638 g/mol. The van der Waals surface area contributed by atoms with Gasteiger partial charge >= 0.3 is 17.9 Å². The first-order chi connectivity index (χ1) is 20.4. The van der Waals surface area contributed by atoms with Gasteiger partial charge in [0.15, 0.2) is 6.61 Å². The van der Waals surface area contributed by atoms with E-state index in [0.29, 0.717) is 37.0 Å². The van der Waals surface area contributed by atoms with Crippen molar-refractivity contribution in [2.24, 2.45) is 52.3 Å². The minimum atomic E-state index is -3.53. The largest absolute Gasteiger partial charge is 0.458 e. The first-order valence-corrected chi connectivity index (χ1v) is 18.4. The molecule has 0 amide bonds. The summed E-state index contributed by atoms with van der Waals surface area (Å²) in [6.45, 7) is 15.6. The molecule has 1 heterocycles. The number of hydrogen-bond donors (Lipinski definition) is 0. The topological polar surface area (TPSA) is 122 Å². The average Bonchev–Trinajstić information content (AvgIpc) is 3.58. The van der Waals surface area contributed by atoms with Crippen molar-refractivity contribution in [1.29, 1.82) is 0 Å².